The van der Waals surface area contributed by atoms with E-state index in [1.807, 2.05) is 23.6 Å². The normalized spacial score (nSPS) is 21.2. The highest BCUT2D eigenvalue weighted by Crippen LogP contribution is 2.41. The summed E-state index contributed by atoms with van der Waals surface area (Å²) >= 11 is 3.59. The van der Waals surface area contributed by atoms with Crippen molar-refractivity contribution in [1.82, 2.24) is 15.2 Å². The van der Waals surface area contributed by atoms with E-state index >= 15 is 0 Å². The maximum Gasteiger partial charge on any atom is 0.318 e. The number of nitrogens with zero attached hydrogens (tertiary/aromatic N) is 2. The highest BCUT2D eigenvalue weighted by atomic mass is 32.2. The highest BCUT2D eigenvalue weighted by Gasteiger charge is 2.36. The zero-order valence-electron chi connectivity index (χ0n) is 11.1. The van der Waals surface area contributed by atoms with E-state index in [2.05, 4.69) is 15.7 Å². The molecule has 1 aromatic rings. The van der Waals surface area contributed by atoms with Crippen LogP contribution >= 0.6 is 23.1 Å². The van der Waals surface area contributed by atoms with Gasteiger partial charge in [-0.25, -0.2) is 9.78 Å². The number of thiazole rings is 1. The first-order chi connectivity index (χ1) is 9.24. The minimum atomic E-state index is 0.0880. The summed E-state index contributed by atoms with van der Waals surface area (Å²) in [6, 6.07) is 0.214. The van der Waals surface area contributed by atoms with Gasteiger partial charge in [0, 0.05) is 35.7 Å². The van der Waals surface area contributed by atoms with Gasteiger partial charge >= 0.3 is 6.03 Å². The van der Waals surface area contributed by atoms with E-state index in [4.69, 9.17) is 0 Å². The fourth-order valence-electron chi connectivity index (χ4n) is 2.32. The van der Waals surface area contributed by atoms with E-state index < -0.39 is 0 Å². The van der Waals surface area contributed by atoms with Crippen molar-refractivity contribution in [2.75, 3.05) is 24.6 Å². The summed E-state index contributed by atoms with van der Waals surface area (Å²) in [5.41, 5.74) is 1.05. The Labute approximate surface area is 122 Å². The van der Waals surface area contributed by atoms with Crippen LogP contribution in [0.3, 0.4) is 0 Å². The quantitative estimate of drug-likeness (QED) is 0.933. The first-order valence-electron chi connectivity index (χ1n) is 6.79. The van der Waals surface area contributed by atoms with Crippen molar-refractivity contribution in [1.29, 1.82) is 0 Å². The minimum absolute atomic E-state index is 0.0880. The Morgan fingerprint density at radius 1 is 1.47 bits per heavy atom. The first kappa shape index (κ1) is 13.2. The third kappa shape index (κ3) is 3.23. The Morgan fingerprint density at radius 3 is 2.79 bits per heavy atom. The molecule has 1 unspecified atom stereocenters. The second-order valence-electron chi connectivity index (χ2n) is 5.19. The van der Waals surface area contributed by atoms with Crippen molar-refractivity contribution in [2.24, 2.45) is 5.92 Å². The van der Waals surface area contributed by atoms with Crippen molar-refractivity contribution in [2.45, 2.75) is 25.8 Å². The summed E-state index contributed by atoms with van der Waals surface area (Å²) in [6.45, 7) is 3.74. The average molecular weight is 297 g/mol. The molecule has 2 aliphatic rings. The standard InChI is InChI=1S/C13H19N3OS2/c1-9-8-19-12(14-9)11(10-2-3-10)15-13(17)16-4-6-18-7-5-16/h8,10-11H,2-7H2,1H3,(H,15,17). The van der Waals surface area contributed by atoms with E-state index in [1.54, 1.807) is 11.3 Å². The van der Waals surface area contributed by atoms with Gasteiger partial charge in [-0.2, -0.15) is 11.8 Å². The Bertz CT molecular complexity index is 452. The number of nitrogens with one attached hydrogen (secondary N) is 1. The molecule has 2 heterocycles. The maximum atomic E-state index is 12.3. The molecular formula is C13H19N3OS2. The summed E-state index contributed by atoms with van der Waals surface area (Å²) < 4.78 is 0. The third-order valence-corrected chi connectivity index (χ3v) is 5.56. The summed E-state index contributed by atoms with van der Waals surface area (Å²) in [7, 11) is 0. The molecule has 0 spiro atoms. The molecule has 1 aliphatic carbocycles. The monoisotopic (exact) mass is 297 g/mol. The lowest BCUT2D eigenvalue weighted by atomic mass is 10.2. The van der Waals surface area contributed by atoms with Crippen molar-refractivity contribution >= 4 is 29.1 Å². The molecule has 1 N–H and O–H groups in total. The Kier molecular flexibility index (Phi) is 3.98. The van der Waals surface area contributed by atoms with Gasteiger partial charge in [-0.1, -0.05) is 0 Å². The number of urea groups is 1. The number of rotatable bonds is 3. The van der Waals surface area contributed by atoms with Crippen molar-refractivity contribution in [3.05, 3.63) is 16.1 Å². The zero-order valence-corrected chi connectivity index (χ0v) is 12.7. The van der Waals surface area contributed by atoms with E-state index in [0.717, 1.165) is 35.3 Å². The summed E-state index contributed by atoms with van der Waals surface area (Å²) in [5, 5.41) is 6.34. The van der Waals surface area contributed by atoms with E-state index in [-0.39, 0.29) is 12.1 Å². The van der Waals surface area contributed by atoms with Gasteiger partial charge in [0.2, 0.25) is 0 Å². The van der Waals surface area contributed by atoms with Crippen LogP contribution in [-0.2, 0) is 0 Å². The predicted molar refractivity (Wildman–Crippen MR) is 79.7 cm³/mol. The van der Waals surface area contributed by atoms with Gasteiger partial charge in [-0.3, -0.25) is 0 Å². The average Bonchev–Trinajstić information content (AvgIpc) is 3.19. The number of aromatic nitrogens is 1. The fourth-order valence-corrected chi connectivity index (χ4v) is 4.16. The Morgan fingerprint density at radius 2 is 2.21 bits per heavy atom. The lowest BCUT2D eigenvalue weighted by molar-refractivity contribution is 0.197. The SMILES string of the molecule is Cc1csc(C(NC(=O)N2CCSCC2)C2CC2)n1. The number of hydrogen-bond acceptors (Lipinski definition) is 4. The van der Waals surface area contributed by atoms with Crippen LogP contribution in [0.4, 0.5) is 4.79 Å². The van der Waals surface area contributed by atoms with Crippen LogP contribution in [0.2, 0.25) is 0 Å². The molecule has 1 saturated heterocycles. The van der Waals surface area contributed by atoms with Gasteiger partial charge in [-0.05, 0) is 25.7 Å². The van der Waals surface area contributed by atoms with Crippen molar-refractivity contribution < 1.29 is 4.79 Å². The topological polar surface area (TPSA) is 45.2 Å². The van der Waals surface area contributed by atoms with Crippen molar-refractivity contribution in [3.63, 3.8) is 0 Å². The fraction of sp³-hybridized carbons (Fsp3) is 0.692. The minimum Gasteiger partial charge on any atom is -0.328 e. The second kappa shape index (κ2) is 5.71. The molecule has 3 rings (SSSR count). The van der Waals surface area contributed by atoms with Crippen LogP contribution in [0.5, 0.6) is 0 Å². The number of thioether (sulfide) groups is 1. The predicted octanol–water partition coefficient (Wildman–Crippen LogP) is 2.66. The molecule has 2 fully saturated rings. The van der Waals surface area contributed by atoms with Crippen LogP contribution in [0.25, 0.3) is 0 Å². The molecule has 1 aliphatic heterocycles. The smallest absolute Gasteiger partial charge is 0.318 e. The molecule has 1 saturated carbocycles. The molecule has 19 heavy (non-hydrogen) atoms. The van der Waals surface area contributed by atoms with Crippen LogP contribution in [0.1, 0.15) is 29.6 Å². The summed E-state index contributed by atoms with van der Waals surface area (Å²) in [5.74, 6) is 2.70. The lowest BCUT2D eigenvalue weighted by Crippen LogP contribution is -2.45. The number of carbonyl (C=O) groups is 1. The second-order valence-corrected chi connectivity index (χ2v) is 7.31. The van der Waals surface area contributed by atoms with Gasteiger partial charge < -0.3 is 10.2 Å². The molecule has 4 nitrogen and oxygen atoms in total. The molecular weight excluding hydrogens is 278 g/mol. The Balaban J connectivity index is 1.66. The van der Waals surface area contributed by atoms with Crippen molar-refractivity contribution in [3.8, 4) is 0 Å². The molecule has 104 valence electrons. The van der Waals surface area contributed by atoms with Gasteiger partial charge in [-0.15, -0.1) is 11.3 Å². The molecule has 0 radical (unpaired) electrons. The summed E-state index contributed by atoms with van der Waals surface area (Å²) in [4.78, 5) is 18.8. The Hall–Kier alpha value is -0.750. The maximum absolute atomic E-state index is 12.3. The number of amides is 2. The van der Waals surface area contributed by atoms with E-state index in [9.17, 15) is 4.79 Å². The molecule has 1 aromatic heterocycles. The zero-order chi connectivity index (χ0) is 13.2. The van der Waals surface area contributed by atoms with Crippen LogP contribution in [0, 0.1) is 12.8 Å². The summed E-state index contributed by atoms with van der Waals surface area (Å²) in [6.07, 6.45) is 2.42. The van der Waals surface area contributed by atoms with Crippen LogP contribution in [0.15, 0.2) is 5.38 Å². The molecule has 6 heteroatoms. The van der Waals surface area contributed by atoms with E-state index in [1.165, 1.54) is 12.8 Å². The lowest BCUT2D eigenvalue weighted by Gasteiger charge is -2.28. The van der Waals surface area contributed by atoms with Gasteiger partial charge in [0.25, 0.3) is 0 Å². The molecule has 2 amide bonds. The van der Waals surface area contributed by atoms with Gasteiger partial charge in [0.1, 0.15) is 5.01 Å². The number of aryl methyl sites for hydroxylation is 1. The molecule has 0 bridgehead atoms. The first-order valence-corrected chi connectivity index (χ1v) is 8.82. The van der Waals surface area contributed by atoms with Gasteiger partial charge in [0.05, 0.1) is 6.04 Å². The third-order valence-electron chi connectivity index (χ3n) is 3.57. The van der Waals surface area contributed by atoms with E-state index in [0.29, 0.717) is 5.92 Å². The van der Waals surface area contributed by atoms with Crippen LogP contribution < -0.4 is 5.32 Å². The number of hydrogen-bond donors (Lipinski definition) is 1. The van der Waals surface area contributed by atoms with Crippen LogP contribution in [-0.4, -0.2) is 40.5 Å². The molecule has 0 aromatic carbocycles. The largest absolute Gasteiger partial charge is 0.328 e. The number of carbonyl (C=O) groups excluding carboxylic acids is 1. The highest BCUT2D eigenvalue weighted by molar-refractivity contribution is 7.99. The molecule has 1 atom stereocenters. The van der Waals surface area contributed by atoms with Gasteiger partial charge in [0.15, 0.2) is 0 Å².